The van der Waals surface area contributed by atoms with Crippen molar-refractivity contribution in [1.29, 1.82) is 0 Å². The number of hydrogen-bond donors (Lipinski definition) is 1. The zero-order chi connectivity index (χ0) is 23.8. The van der Waals surface area contributed by atoms with Crippen LogP contribution < -0.4 is 0 Å². The second kappa shape index (κ2) is 7.04. The van der Waals surface area contributed by atoms with Crippen LogP contribution in [0.1, 0.15) is 41.7 Å². The second-order valence-electron chi connectivity index (χ2n) is 10.3. The average Bonchev–Trinajstić information content (AvgIpc) is 3.31. The van der Waals surface area contributed by atoms with E-state index >= 15 is 0 Å². The smallest absolute Gasteiger partial charge is 0.142 e. The Balaban J connectivity index is 1.46. The van der Waals surface area contributed by atoms with E-state index in [1.165, 1.54) is 22.3 Å². The van der Waals surface area contributed by atoms with E-state index in [2.05, 4.69) is 98.8 Å². The molecule has 0 amide bonds. The maximum absolute atomic E-state index is 12.5. The van der Waals surface area contributed by atoms with Gasteiger partial charge in [0.1, 0.15) is 5.60 Å². The minimum absolute atomic E-state index is 0.0691. The average molecular weight is 451 g/mol. The molecule has 0 fully saturated rings. The van der Waals surface area contributed by atoms with Gasteiger partial charge >= 0.3 is 0 Å². The molecule has 35 heavy (non-hydrogen) atoms. The summed E-state index contributed by atoms with van der Waals surface area (Å²) >= 11 is 0. The molecule has 1 heteroatoms. The van der Waals surface area contributed by atoms with E-state index in [0.29, 0.717) is 0 Å². The maximum Gasteiger partial charge on any atom is 0.142 e. The van der Waals surface area contributed by atoms with Crippen molar-refractivity contribution >= 4 is 0 Å². The standard InChI is InChI=1S/C34H26O/c1-33(2)28-15-7-4-12-24(28)27-20-19-22(21-32(27)33)23-11-3-8-16-29(23)34(35)30-17-9-5-13-25(30)26-14-6-10-18-31(26)34/h3-21,35H,1-2H3. The van der Waals surface area contributed by atoms with Gasteiger partial charge in [-0.05, 0) is 50.6 Å². The summed E-state index contributed by atoms with van der Waals surface area (Å²) in [7, 11) is 0. The van der Waals surface area contributed by atoms with Crippen LogP contribution in [-0.2, 0) is 11.0 Å². The normalized spacial score (nSPS) is 15.7. The Morgan fingerprint density at radius 2 is 0.829 bits per heavy atom. The summed E-state index contributed by atoms with van der Waals surface area (Å²) < 4.78 is 0. The van der Waals surface area contributed by atoms with Crippen LogP contribution in [0.4, 0.5) is 0 Å². The molecule has 2 aliphatic carbocycles. The lowest BCUT2D eigenvalue weighted by atomic mass is 9.78. The molecule has 1 nitrogen and oxygen atoms in total. The summed E-state index contributed by atoms with van der Waals surface area (Å²) in [6.45, 7) is 4.62. The maximum atomic E-state index is 12.5. The van der Waals surface area contributed by atoms with E-state index in [9.17, 15) is 5.11 Å². The molecule has 0 saturated heterocycles. The highest BCUT2D eigenvalue weighted by Gasteiger charge is 2.44. The van der Waals surface area contributed by atoms with Crippen molar-refractivity contribution in [2.75, 3.05) is 0 Å². The fourth-order valence-corrected chi connectivity index (χ4v) is 6.42. The van der Waals surface area contributed by atoms with Gasteiger partial charge in [-0.1, -0.05) is 123 Å². The van der Waals surface area contributed by atoms with E-state index in [1.807, 2.05) is 30.3 Å². The molecular weight excluding hydrogens is 424 g/mol. The molecule has 0 bridgehead atoms. The zero-order valence-electron chi connectivity index (χ0n) is 19.9. The van der Waals surface area contributed by atoms with Gasteiger partial charge in [-0.2, -0.15) is 0 Å². The van der Waals surface area contributed by atoms with E-state index in [0.717, 1.165) is 38.9 Å². The highest BCUT2D eigenvalue weighted by Crippen LogP contribution is 2.54. The number of rotatable bonds is 2. The molecule has 7 rings (SSSR count). The lowest BCUT2D eigenvalue weighted by Crippen LogP contribution is -2.27. The van der Waals surface area contributed by atoms with Crippen molar-refractivity contribution in [2.45, 2.75) is 24.9 Å². The molecule has 0 saturated carbocycles. The van der Waals surface area contributed by atoms with Gasteiger partial charge in [0.2, 0.25) is 0 Å². The molecule has 0 aliphatic heterocycles. The predicted molar refractivity (Wildman–Crippen MR) is 143 cm³/mol. The summed E-state index contributed by atoms with van der Waals surface area (Å²) in [6, 6.07) is 40.4. The molecule has 5 aromatic carbocycles. The van der Waals surface area contributed by atoms with Crippen molar-refractivity contribution in [3.05, 3.63) is 143 Å². The Kier molecular flexibility index (Phi) is 4.11. The van der Waals surface area contributed by atoms with Crippen molar-refractivity contribution in [2.24, 2.45) is 0 Å². The second-order valence-corrected chi connectivity index (χ2v) is 10.3. The lowest BCUT2D eigenvalue weighted by molar-refractivity contribution is 0.131. The SMILES string of the molecule is CC1(C)c2ccccc2-c2ccc(-c3ccccc3C3(O)c4ccccc4-c4ccccc43)cc21. The molecule has 0 unspecified atom stereocenters. The van der Waals surface area contributed by atoms with Gasteiger partial charge in [0, 0.05) is 22.1 Å². The van der Waals surface area contributed by atoms with Crippen LogP contribution in [-0.4, -0.2) is 5.11 Å². The molecule has 168 valence electrons. The van der Waals surface area contributed by atoms with Crippen LogP contribution in [0.15, 0.2) is 115 Å². The quantitative estimate of drug-likeness (QED) is 0.290. The minimum atomic E-state index is -1.21. The Morgan fingerprint density at radius 3 is 1.40 bits per heavy atom. The Hall–Kier alpha value is -3.94. The topological polar surface area (TPSA) is 20.2 Å². The molecule has 0 radical (unpaired) electrons. The van der Waals surface area contributed by atoms with Crippen LogP contribution >= 0.6 is 0 Å². The van der Waals surface area contributed by atoms with E-state index in [-0.39, 0.29) is 5.41 Å². The third kappa shape index (κ3) is 2.62. The van der Waals surface area contributed by atoms with Gasteiger partial charge in [-0.25, -0.2) is 0 Å². The Morgan fingerprint density at radius 1 is 0.429 bits per heavy atom. The first-order chi connectivity index (χ1) is 17.0. The number of fused-ring (bicyclic) bond motifs is 6. The van der Waals surface area contributed by atoms with Crippen LogP contribution in [0.2, 0.25) is 0 Å². The predicted octanol–water partition coefficient (Wildman–Crippen LogP) is 7.92. The lowest BCUT2D eigenvalue weighted by Gasteiger charge is -2.29. The summed E-state index contributed by atoms with van der Waals surface area (Å²) in [5.41, 5.74) is 11.3. The third-order valence-corrected chi connectivity index (χ3v) is 8.14. The molecule has 0 aromatic heterocycles. The third-order valence-electron chi connectivity index (χ3n) is 8.14. The van der Waals surface area contributed by atoms with Crippen LogP contribution in [0, 0.1) is 0 Å². The molecule has 0 spiro atoms. The zero-order valence-corrected chi connectivity index (χ0v) is 19.9. The summed E-state index contributed by atoms with van der Waals surface area (Å²) in [5, 5.41) is 12.5. The fourth-order valence-electron chi connectivity index (χ4n) is 6.42. The monoisotopic (exact) mass is 450 g/mol. The van der Waals surface area contributed by atoms with Gasteiger partial charge in [-0.3, -0.25) is 0 Å². The van der Waals surface area contributed by atoms with E-state index < -0.39 is 5.60 Å². The highest BCUT2D eigenvalue weighted by atomic mass is 16.3. The first kappa shape index (κ1) is 20.4. The largest absolute Gasteiger partial charge is 0.376 e. The van der Waals surface area contributed by atoms with Crippen molar-refractivity contribution in [3.8, 4) is 33.4 Å². The van der Waals surface area contributed by atoms with E-state index in [4.69, 9.17) is 0 Å². The van der Waals surface area contributed by atoms with Gasteiger partial charge in [0.15, 0.2) is 0 Å². The molecule has 0 heterocycles. The Labute approximate surface area is 206 Å². The van der Waals surface area contributed by atoms with Gasteiger partial charge < -0.3 is 5.11 Å². The first-order valence-electron chi connectivity index (χ1n) is 12.3. The number of hydrogen-bond acceptors (Lipinski definition) is 1. The summed E-state index contributed by atoms with van der Waals surface area (Å²) in [4.78, 5) is 0. The fraction of sp³-hybridized carbons (Fsp3) is 0.118. The minimum Gasteiger partial charge on any atom is -0.376 e. The van der Waals surface area contributed by atoms with Crippen LogP contribution in [0.25, 0.3) is 33.4 Å². The molecule has 5 aromatic rings. The summed E-state index contributed by atoms with van der Waals surface area (Å²) in [5.74, 6) is 0. The van der Waals surface area contributed by atoms with Crippen LogP contribution in [0.3, 0.4) is 0 Å². The van der Waals surface area contributed by atoms with Crippen LogP contribution in [0.5, 0.6) is 0 Å². The molecule has 1 N–H and O–H groups in total. The van der Waals surface area contributed by atoms with Crippen molar-refractivity contribution < 1.29 is 5.11 Å². The highest BCUT2D eigenvalue weighted by molar-refractivity contribution is 5.87. The first-order valence-corrected chi connectivity index (χ1v) is 12.3. The summed E-state index contributed by atoms with van der Waals surface area (Å²) in [6.07, 6.45) is 0. The number of aliphatic hydroxyl groups is 1. The van der Waals surface area contributed by atoms with E-state index in [1.54, 1.807) is 0 Å². The van der Waals surface area contributed by atoms with Gasteiger partial charge in [-0.15, -0.1) is 0 Å². The number of benzene rings is 5. The molecule has 2 aliphatic rings. The van der Waals surface area contributed by atoms with Crippen molar-refractivity contribution in [3.63, 3.8) is 0 Å². The molecule has 0 atom stereocenters. The van der Waals surface area contributed by atoms with Gasteiger partial charge in [0.25, 0.3) is 0 Å². The van der Waals surface area contributed by atoms with Gasteiger partial charge in [0.05, 0.1) is 0 Å². The Bertz CT molecular complexity index is 1590. The van der Waals surface area contributed by atoms with Crippen molar-refractivity contribution in [1.82, 2.24) is 0 Å². The molecular formula is C34H26O.